The third kappa shape index (κ3) is 2.69. The molecule has 0 saturated heterocycles. The van der Waals surface area contributed by atoms with Gasteiger partial charge in [0.15, 0.2) is 11.4 Å². The van der Waals surface area contributed by atoms with E-state index in [4.69, 9.17) is 4.74 Å². The Morgan fingerprint density at radius 1 is 1.56 bits per heavy atom. The van der Waals surface area contributed by atoms with Crippen molar-refractivity contribution in [1.29, 1.82) is 0 Å². The van der Waals surface area contributed by atoms with E-state index in [1.165, 1.54) is 19.2 Å². The van der Waals surface area contributed by atoms with Crippen LogP contribution < -0.4 is 5.32 Å². The first-order valence-electron chi connectivity index (χ1n) is 4.69. The summed E-state index contributed by atoms with van der Waals surface area (Å²) in [5, 5.41) is 12.0. The number of amides is 1. The monoisotopic (exact) mass is 224 g/mol. The summed E-state index contributed by atoms with van der Waals surface area (Å²) in [5.41, 5.74) is -0.0846. The lowest BCUT2D eigenvalue weighted by Crippen LogP contribution is -2.11. The lowest BCUT2D eigenvalue weighted by Gasteiger charge is -2.07. The van der Waals surface area contributed by atoms with Crippen LogP contribution in [0.4, 0.5) is 5.69 Å². The number of aromatic nitrogens is 1. The maximum Gasteiger partial charge on any atom is 0.360 e. The fourth-order valence-corrected chi connectivity index (χ4v) is 1.09. The van der Waals surface area contributed by atoms with Crippen LogP contribution in [0, 0.1) is 0 Å². The molecule has 1 aromatic heterocycles. The zero-order valence-electron chi connectivity index (χ0n) is 8.98. The molecule has 0 aliphatic heterocycles. The van der Waals surface area contributed by atoms with Crippen LogP contribution >= 0.6 is 0 Å². The number of anilines is 1. The van der Waals surface area contributed by atoms with E-state index in [2.05, 4.69) is 10.3 Å². The van der Waals surface area contributed by atoms with E-state index in [1.54, 1.807) is 6.92 Å². The Bertz CT molecular complexity index is 417. The molecule has 0 fully saturated rings. The molecule has 0 aliphatic rings. The second-order valence-corrected chi connectivity index (χ2v) is 2.96. The number of pyridine rings is 1. The summed E-state index contributed by atoms with van der Waals surface area (Å²) < 4.78 is 4.69. The molecule has 0 unspecified atom stereocenters. The topological polar surface area (TPSA) is 88.5 Å². The minimum Gasteiger partial charge on any atom is -0.504 e. The highest BCUT2D eigenvalue weighted by atomic mass is 16.5. The lowest BCUT2D eigenvalue weighted by atomic mass is 10.3. The van der Waals surface area contributed by atoms with Crippen LogP contribution in [0.2, 0.25) is 0 Å². The van der Waals surface area contributed by atoms with Crippen molar-refractivity contribution in [2.24, 2.45) is 0 Å². The second-order valence-electron chi connectivity index (χ2n) is 2.96. The minimum atomic E-state index is -0.729. The van der Waals surface area contributed by atoms with Gasteiger partial charge in [-0.25, -0.2) is 9.78 Å². The van der Waals surface area contributed by atoms with Gasteiger partial charge in [0.2, 0.25) is 5.91 Å². The predicted octanol–water partition coefficient (Wildman–Crippen LogP) is 0.922. The molecule has 0 aromatic carbocycles. The fraction of sp³-hybridized carbons (Fsp3) is 0.300. The largest absolute Gasteiger partial charge is 0.504 e. The molecule has 86 valence electrons. The van der Waals surface area contributed by atoms with Crippen LogP contribution in [-0.4, -0.2) is 28.6 Å². The van der Waals surface area contributed by atoms with Gasteiger partial charge in [-0.15, -0.1) is 0 Å². The average molecular weight is 224 g/mol. The highest BCUT2D eigenvalue weighted by Crippen LogP contribution is 2.25. The zero-order valence-corrected chi connectivity index (χ0v) is 8.98. The molecule has 6 heteroatoms. The van der Waals surface area contributed by atoms with Crippen molar-refractivity contribution in [2.45, 2.75) is 13.8 Å². The summed E-state index contributed by atoms with van der Waals surface area (Å²) in [6, 6.07) is 1.39. The first-order valence-corrected chi connectivity index (χ1v) is 4.69. The predicted molar refractivity (Wildman–Crippen MR) is 56.2 cm³/mol. The first-order chi connectivity index (χ1) is 7.56. The molecular formula is C10H12N2O4. The number of aromatic hydroxyl groups is 1. The summed E-state index contributed by atoms with van der Waals surface area (Å²) in [4.78, 5) is 25.8. The van der Waals surface area contributed by atoms with Gasteiger partial charge < -0.3 is 15.2 Å². The van der Waals surface area contributed by atoms with Crippen LogP contribution in [0.5, 0.6) is 5.75 Å². The quantitative estimate of drug-likeness (QED) is 0.745. The van der Waals surface area contributed by atoms with Gasteiger partial charge in [0, 0.05) is 13.1 Å². The molecule has 2 N–H and O–H groups in total. The number of hydrogen-bond acceptors (Lipinski definition) is 5. The summed E-state index contributed by atoms with van der Waals surface area (Å²) in [6.45, 7) is 3.13. The molecule has 1 amide bonds. The Kier molecular flexibility index (Phi) is 3.82. The Balaban J connectivity index is 3.03. The van der Waals surface area contributed by atoms with E-state index in [0.717, 1.165) is 0 Å². The van der Waals surface area contributed by atoms with Crippen molar-refractivity contribution in [3.8, 4) is 5.75 Å². The molecule has 0 saturated carbocycles. The number of ether oxygens (including phenoxy) is 1. The fourth-order valence-electron chi connectivity index (χ4n) is 1.09. The van der Waals surface area contributed by atoms with Crippen LogP contribution in [-0.2, 0) is 9.53 Å². The number of rotatable bonds is 3. The van der Waals surface area contributed by atoms with E-state index in [1.807, 2.05) is 0 Å². The van der Waals surface area contributed by atoms with Gasteiger partial charge in [0.05, 0.1) is 12.3 Å². The summed E-state index contributed by atoms with van der Waals surface area (Å²) in [7, 11) is 0. The third-order valence-electron chi connectivity index (χ3n) is 1.70. The summed E-state index contributed by atoms with van der Waals surface area (Å²) in [6.07, 6.45) is 1.30. The molecule has 1 rings (SSSR count). The number of esters is 1. The maximum absolute atomic E-state index is 11.3. The third-order valence-corrected chi connectivity index (χ3v) is 1.70. The highest BCUT2D eigenvalue weighted by Gasteiger charge is 2.17. The van der Waals surface area contributed by atoms with Crippen molar-refractivity contribution < 1.29 is 19.4 Å². The molecule has 0 bridgehead atoms. The van der Waals surface area contributed by atoms with Crippen molar-refractivity contribution >= 4 is 17.6 Å². The van der Waals surface area contributed by atoms with Gasteiger partial charge >= 0.3 is 5.97 Å². The first kappa shape index (κ1) is 12.0. The van der Waals surface area contributed by atoms with Crippen LogP contribution in [0.1, 0.15) is 24.3 Å². The Hall–Kier alpha value is -2.11. The SMILES string of the molecule is CCOC(=O)c1nccc(NC(C)=O)c1O. The van der Waals surface area contributed by atoms with E-state index in [9.17, 15) is 14.7 Å². The van der Waals surface area contributed by atoms with E-state index >= 15 is 0 Å². The second kappa shape index (κ2) is 5.11. The Morgan fingerprint density at radius 3 is 2.81 bits per heavy atom. The van der Waals surface area contributed by atoms with E-state index in [0.29, 0.717) is 0 Å². The van der Waals surface area contributed by atoms with Gasteiger partial charge in [-0.1, -0.05) is 0 Å². The van der Waals surface area contributed by atoms with Gasteiger partial charge in [0.25, 0.3) is 0 Å². The molecule has 0 spiro atoms. The lowest BCUT2D eigenvalue weighted by molar-refractivity contribution is -0.114. The highest BCUT2D eigenvalue weighted by molar-refractivity contribution is 5.96. The number of nitrogens with zero attached hydrogens (tertiary/aromatic N) is 1. The Labute approximate surface area is 92.3 Å². The van der Waals surface area contributed by atoms with Crippen LogP contribution in [0.3, 0.4) is 0 Å². The summed E-state index contributed by atoms with van der Waals surface area (Å²) >= 11 is 0. The number of carbonyl (C=O) groups is 2. The van der Waals surface area contributed by atoms with Crippen molar-refractivity contribution in [3.63, 3.8) is 0 Å². The minimum absolute atomic E-state index is 0.130. The smallest absolute Gasteiger partial charge is 0.360 e. The molecular weight excluding hydrogens is 212 g/mol. The van der Waals surface area contributed by atoms with Gasteiger partial charge in [-0.3, -0.25) is 4.79 Å². The van der Waals surface area contributed by atoms with Crippen LogP contribution in [0.25, 0.3) is 0 Å². The maximum atomic E-state index is 11.3. The molecule has 0 atom stereocenters. The van der Waals surface area contributed by atoms with Crippen LogP contribution in [0.15, 0.2) is 12.3 Å². The molecule has 0 aliphatic carbocycles. The molecule has 1 aromatic rings. The molecule has 6 nitrogen and oxygen atoms in total. The van der Waals surface area contributed by atoms with E-state index in [-0.39, 0.29) is 23.9 Å². The summed E-state index contributed by atoms with van der Waals surface area (Å²) in [5.74, 6) is -1.47. The Morgan fingerprint density at radius 2 is 2.25 bits per heavy atom. The van der Waals surface area contributed by atoms with E-state index < -0.39 is 11.7 Å². The van der Waals surface area contributed by atoms with Crippen molar-refractivity contribution in [1.82, 2.24) is 4.98 Å². The molecule has 0 radical (unpaired) electrons. The van der Waals surface area contributed by atoms with Crippen molar-refractivity contribution in [3.05, 3.63) is 18.0 Å². The number of carbonyl (C=O) groups excluding carboxylic acids is 2. The average Bonchev–Trinajstić information content (AvgIpc) is 2.21. The number of nitrogens with one attached hydrogen (secondary N) is 1. The van der Waals surface area contributed by atoms with Gasteiger partial charge in [-0.05, 0) is 13.0 Å². The zero-order chi connectivity index (χ0) is 12.1. The number of hydrogen-bond donors (Lipinski definition) is 2. The standard InChI is InChI=1S/C10H12N2O4/c1-3-16-10(15)8-9(14)7(4-5-11-8)12-6(2)13/h4-5,14H,3H2,1-2H3,(H,11,12,13). The van der Waals surface area contributed by atoms with Gasteiger partial charge in [0.1, 0.15) is 0 Å². The van der Waals surface area contributed by atoms with Crippen molar-refractivity contribution in [2.75, 3.05) is 11.9 Å². The normalized spacial score (nSPS) is 9.62. The van der Waals surface area contributed by atoms with Gasteiger partial charge in [-0.2, -0.15) is 0 Å². The molecule has 1 heterocycles. The molecule has 16 heavy (non-hydrogen) atoms.